The maximum absolute atomic E-state index is 5.76. The van der Waals surface area contributed by atoms with Crippen LogP contribution in [0.2, 0.25) is 0 Å². The van der Waals surface area contributed by atoms with E-state index in [4.69, 9.17) is 4.74 Å². The van der Waals surface area contributed by atoms with Crippen LogP contribution in [-0.2, 0) is 16.9 Å². The van der Waals surface area contributed by atoms with E-state index in [1.165, 1.54) is 35.6 Å². The van der Waals surface area contributed by atoms with Gasteiger partial charge in [0.2, 0.25) is 0 Å². The highest BCUT2D eigenvalue weighted by Crippen LogP contribution is 2.43. The molecule has 3 rings (SSSR count). The van der Waals surface area contributed by atoms with Crippen molar-refractivity contribution < 1.29 is 4.74 Å². The Bertz CT molecular complexity index is 381. The molecule has 2 aliphatic carbocycles. The van der Waals surface area contributed by atoms with Crippen LogP contribution in [0.5, 0.6) is 0 Å². The molecule has 2 aliphatic rings. The van der Waals surface area contributed by atoms with Crippen LogP contribution in [0.3, 0.4) is 0 Å². The molecule has 2 fully saturated rings. The summed E-state index contributed by atoms with van der Waals surface area (Å²) in [6.07, 6.45) is 9.50. The second-order valence-electron chi connectivity index (χ2n) is 5.19. The summed E-state index contributed by atoms with van der Waals surface area (Å²) in [7, 11) is 1.83. The number of hydrogen-bond donors (Lipinski definition) is 1. The molecule has 0 radical (unpaired) electrons. The Morgan fingerprint density at radius 1 is 1.47 bits per heavy atom. The van der Waals surface area contributed by atoms with Crippen molar-refractivity contribution in [1.82, 2.24) is 10.3 Å². The Balaban J connectivity index is 1.69. The van der Waals surface area contributed by atoms with Crippen molar-refractivity contribution in [1.29, 1.82) is 0 Å². The fourth-order valence-electron chi connectivity index (χ4n) is 2.58. The zero-order chi connectivity index (χ0) is 11.7. The van der Waals surface area contributed by atoms with Gasteiger partial charge >= 0.3 is 0 Å². The molecule has 1 heterocycles. The maximum atomic E-state index is 5.76. The molecule has 0 amide bonds. The molecular formula is C13H20N2OS. The van der Waals surface area contributed by atoms with Gasteiger partial charge in [-0.2, -0.15) is 0 Å². The highest BCUT2D eigenvalue weighted by atomic mass is 32.1. The van der Waals surface area contributed by atoms with Crippen LogP contribution in [0.15, 0.2) is 6.20 Å². The lowest BCUT2D eigenvalue weighted by molar-refractivity contribution is -0.00885. The fraction of sp³-hybridized carbons (Fsp3) is 0.769. The predicted octanol–water partition coefficient (Wildman–Crippen LogP) is 2.81. The van der Waals surface area contributed by atoms with Gasteiger partial charge in [0.25, 0.3) is 0 Å². The van der Waals surface area contributed by atoms with Crippen molar-refractivity contribution in [3.63, 3.8) is 0 Å². The largest absolute Gasteiger partial charge is 0.371 e. The van der Waals surface area contributed by atoms with Gasteiger partial charge in [-0.25, -0.2) is 4.98 Å². The van der Waals surface area contributed by atoms with Gasteiger partial charge in [-0.15, -0.1) is 11.3 Å². The molecule has 0 bridgehead atoms. The summed E-state index contributed by atoms with van der Waals surface area (Å²) in [5, 5.41) is 4.72. The zero-order valence-electron chi connectivity index (χ0n) is 10.4. The first-order valence-corrected chi connectivity index (χ1v) is 7.38. The lowest BCUT2D eigenvalue weighted by atomic mass is 10.0. The molecule has 2 saturated carbocycles. The minimum Gasteiger partial charge on any atom is -0.371 e. The molecule has 1 aromatic heterocycles. The SMILES string of the molecule is COC1(c2ncc(CNC3CC3)s2)CCCC1. The molecule has 0 atom stereocenters. The number of rotatable bonds is 5. The van der Waals surface area contributed by atoms with Crippen molar-refractivity contribution in [2.75, 3.05) is 7.11 Å². The van der Waals surface area contributed by atoms with Crippen LogP contribution in [0, 0.1) is 0 Å². The minimum atomic E-state index is -0.0670. The molecular weight excluding hydrogens is 232 g/mol. The number of ether oxygens (including phenoxy) is 1. The Morgan fingerprint density at radius 3 is 2.88 bits per heavy atom. The van der Waals surface area contributed by atoms with Crippen LogP contribution in [-0.4, -0.2) is 18.1 Å². The van der Waals surface area contributed by atoms with E-state index < -0.39 is 0 Å². The monoisotopic (exact) mass is 252 g/mol. The predicted molar refractivity (Wildman–Crippen MR) is 69.1 cm³/mol. The zero-order valence-corrected chi connectivity index (χ0v) is 11.2. The summed E-state index contributed by atoms with van der Waals surface area (Å²) in [6.45, 7) is 0.974. The normalized spacial score (nSPS) is 23.1. The lowest BCUT2D eigenvalue weighted by Gasteiger charge is -2.24. The number of hydrogen-bond acceptors (Lipinski definition) is 4. The Labute approximate surface area is 107 Å². The van der Waals surface area contributed by atoms with Crippen LogP contribution in [0.25, 0.3) is 0 Å². The topological polar surface area (TPSA) is 34.1 Å². The minimum absolute atomic E-state index is 0.0670. The van der Waals surface area contributed by atoms with Crippen molar-refractivity contribution in [2.24, 2.45) is 0 Å². The van der Waals surface area contributed by atoms with E-state index in [0.717, 1.165) is 25.4 Å². The second-order valence-corrected chi connectivity index (χ2v) is 6.31. The molecule has 1 N–H and O–H groups in total. The number of aromatic nitrogens is 1. The number of thiazole rings is 1. The highest BCUT2D eigenvalue weighted by molar-refractivity contribution is 7.11. The lowest BCUT2D eigenvalue weighted by Crippen LogP contribution is -2.23. The van der Waals surface area contributed by atoms with Gasteiger partial charge in [-0.05, 0) is 25.7 Å². The molecule has 0 unspecified atom stereocenters. The van der Waals surface area contributed by atoms with E-state index in [-0.39, 0.29) is 5.60 Å². The molecule has 0 saturated heterocycles. The van der Waals surface area contributed by atoms with Gasteiger partial charge in [0.1, 0.15) is 10.6 Å². The first-order chi connectivity index (χ1) is 8.32. The van der Waals surface area contributed by atoms with Crippen molar-refractivity contribution >= 4 is 11.3 Å². The third-order valence-electron chi connectivity index (χ3n) is 3.89. The Kier molecular flexibility index (Phi) is 3.19. The average molecular weight is 252 g/mol. The van der Waals surface area contributed by atoms with E-state index in [1.54, 1.807) is 0 Å². The molecule has 3 nitrogen and oxygen atoms in total. The average Bonchev–Trinajstić information content (AvgIpc) is 2.88. The number of nitrogens with one attached hydrogen (secondary N) is 1. The summed E-state index contributed by atoms with van der Waals surface area (Å²) in [6, 6.07) is 0.767. The van der Waals surface area contributed by atoms with Gasteiger partial charge in [0.05, 0.1) is 0 Å². The first kappa shape index (κ1) is 11.6. The standard InChI is InChI=1S/C13H20N2OS/c1-16-13(6-2-3-7-13)12-15-9-11(17-12)8-14-10-4-5-10/h9-10,14H,2-8H2,1H3. The van der Waals surface area contributed by atoms with Crippen LogP contribution in [0.4, 0.5) is 0 Å². The maximum Gasteiger partial charge on any atom is 0.125 e. The van der Waals surface area contributed by atoms with Crippen LogP contribution in [0.1, 0.15) is 48.4 Å². The molecule has 94 valence electrons. The summed E-state index contributed by atoms with van der Waals surface area (Å²) in [5.41, 5.74) is -0.0670. The van der Waals surface area contributed by atoms with E-state index in [1.807, 2.05) is 24.6 Å². The van der Waals surface area contributed by atoms with Crippen LogP contribution >= 0.6 is 11.3 Å². The van der Waals surface area contributed by atoms with Crippen molar-refractivity contribution in [3.05, 3.63) is 16.1 Å². The van der Waals surface area contributed by atoms with E-state index >= 15 is 0 Å². The second kappa shape index (κ2) is 4.67. The van der Waals surface area contributed by atoms with Crippen molar-refractivity contribution in [3.8, 4) is 0 Å². The summed E-state index contributed by atoms with van der Waals surface area (Å²) in [5.74, 6) is 0. The summed E-state index contributed by atoms with van der Waals surface area (Å²) in [4.78, 5) is 5.94. The molecule has 0 aromatic carbocycles. The smallest absolute Gasteiger partial charge is 0.125 e. The van der Waals surface area contributed by atoms with E-state index in [9.17, 15) is 0 Å². The quantitative estimate of drug-likeness (QED) is 0.875. The summed E-state index contributed by atoms with van der Waals surface area (Å²) < 4.78 is 5.76. The molecule has 4 heteroatoms. The third kappa shape index (κ3) is 2.39. The van der Waals surface area contributed by atoms with Gasteiger partial charge in [0, 0.05) is 30.8 Å². The van der Waals surface area contributed by atoms with Gasteiger partial charge in [0.15, 0.2) is 0 Å². The van der Waals surface area contributed by atoms with Gasteiger partial charge in [-0.1, -0.05) is 12.8 Å². The molecule has 0 aliphatic heterocycles. The highest BCUT2D eigenvalue weighted by Gasteiger charge is 2.38. The Morgan fingerprint density at radius 2 is 2.24 bits per heavy atom. The first-order valence-electron chi connectivity index (χ1n) is 6.56. The van der Waals surface area contributed by atoms with Crippen LogP contribution < -0.4 is 5.32 Å². The third-order valence-corrected chi connectivity index (χ3v) is 5.07. The molecule has 0 spiro atoms. The summed E-state index contributed by atoms with van der Waals surface area (Å²) >= 11 is 1.82. The van der Waals surface area contributed by atoms with Crippen molar-refractivity contribution in [2.45, 2.75) is 56.7 Å². The number of methoxy groups -OCH3 is 1. The molecule has 1 aromatic rings. The fourth-order valence-corrected chi connectivity index (χ4v) is 3.67. The van der Waals surface area contributed by atoms with E-state index in [2.05, 4.69) is 10.3 Å². The van der Waals surface area contributed by atoms with Gasteiger partial charge in [-0.3, -0.25) is 0 Å². The number of nitrogens with zero attached hydrogens (tertiary/aromatic N) is 1. The van der Waals surface area contributed by atoms with Gasteiger partial charge < -0.3 is 10.1 Å². The van der Waals surface area contributed by atoms with E-state index in [0.29, 0.717) is 0 Å². The molecule has 17 heavy (non-hydrogen) atoms. The Hall–Kier alpha value is -0.450.